The SMILES string of the molecule is C=CCNC(=O)C(=O)C(CCC)NC(=O)[C@@H]1[C@@H](C(C)C)CCN1C(=O)[C@@H](NC(=O)N[C@H](CN1CCN(C(=O)OCc2ccccc2)S1(=O)=O)C(C)(C)C)C(C)(C)C. The fourth-order valence-corrected chi connectivity index (χ4v) is 8.42. The number of hydrogen-bond acceptors (Lipinski definition) is 9. The molecule has 2 heterocycles. The molecule has 5 atom stereocenters. The first kappa shape index (κ1) is 46.9. The van der Waals surface area contributed by atoms with Crippen LogP contribution in [0, 0.1) is 22.7 Å². The van der Waals surface area contributed by atoms with Crippen LogP contribution in [0.3, 0.4) is 0 Å². The second-order valence-electron chi connectivity index (χ2n) is 17.2. The molecular weight excluding hydrogens is 755 g/mol. The monoisotopic (exact) mass is 817 g/mol. The van der Waals surface area contributed by atoms with Gasteiger partial charge in [0.05, 0.1) is 12.6 Å². The van der Waals surface area contributed by atoms with Gasteiger partial charge in [-0.15, -0.1) is 6.58 Å². The van der Waals surface area contributed by atoms with Crippen LogP contribution < -0.4 is 21.3 Å². The first-order valence-electron chi connectivity index (χ1n) is 19.6. The molecule has 2 fully saturated rings. The van der Waals surface area contributed by atoms with Crippen molar-refractivity contribution in [1.29, 1.82) is 0 Å². The van der Waals surface area contributed by atoms with Gasteiger partial charge in [0.25, 0.3) is 5.91 Å². The Hall–Kier alpha value is -4.51. The Kier molecular flexibility index (Phi) is 16.3. The molecule has 0 aliphatic carbocycles. The smallest absolute Gasteiger partial charge is 0.424 e. The minimum absolute atomic E-state index is 0.0125. The van der Waals surface area contributed by atoms with E-state index in [9.17, 15) is 37.2 Å². The number of likely N-dealkylation sites (tertiary alicyclic amines) is 1. The molecule has 1 aromatic carbocycles. The molecule has 0 radical (unpaired) electrons. The molecule has 57 heavy (non-hydrogen) atoms. The predicted molar refractivity (Wildman–Crippen MR) is 215 cm³/mol. The molecule has 6 amide bonds. The first-order chi connectivity index (χ1) is 26.5. The third kappa shape index (κ3) is 12.2. The number of ether oxygens (including phenoxy) is 1. The van der Waals surface area contributed by atoms with Crippen molar-refractivity contribution in [2.24, 2.45) is 22.7 Å². The van der Waals surface area contributed by atoms with Crippen LogP contribution in [-0.4, -0.2) is 114 Å². The van der Waals surface area contributed by atoms with Crippen molar-refractivity contribution in [2.45, 2.75) is 112 Å². The number of hydrogen-bond donors (Lipinski definition) is 4. The predicted octanol–water partition coefficient (Wildman–Crippen LogP) is 3.34. The van der Waals surface area contributed by atoms with Gasteiger partial charge in [0.2, 0.25) is 17.6 Å². The van der Waals surface area contributed by atoms with Gasteiger partial charge in [0.15, 0.2) is 0 Å². The molecule has 2 aliphatic heterocycles. The van der Waals surface area contributed by atoms with Gasteiger partial charge in [0, 0.05) is 32.2 Å². The molecule has 0 spiro atoms. The summed E-state index contributed by atoms with van der Waals surface area (Å²) in [5.41, 5.74) is -0.811. The maximum atomic E-state index is 14.5. The molecule has 318 valence electrons. The van der Waals surface area contributed by atoms with E-state index >= 15 is 0 Å². The zero-order valence-electron chi connectivity index (χ0n) is 34.9. The zero-order chi connectivity index (χ0) is 42.9. The van der Waals surface area contributed by atoms with Gasteiger partial charge in [0.1, 0.15) is 18.7 Å². The van der Waals surface area contributed by atoms with Gasteiger partial charge in [-0.25, -0.2) is 9.59 Å². The molecule has 17 heteroatoms. The highest BCUT2D eigenvalue weighted by Gasteiger charge is 2.48. The van der Waals surface area contributed by atoms with Gasteiger partial charge in [-0.1, -0.05) is 105 Å². The van der Waals surface area contributed by atoms with Gasteiger partial charge in [-0.05, 0) is 41.1 Å². The molecule has 3 rings (SSSR count). The average molecular weight is 818 g/mol. The highest BCUT2D eigenvalue weighted by molar-refractivity contribution is 7.87. The fraction of sp³-hybridized carbons (Fsp3) is 0.650. The standard InChI is InChI=1S/C40H63N7O9S/c1-11-16-29(32(48)35(50)41-20-12-2)42-34(49)31-28(26(3)4)19-21-46(31)36(51)33(40(8,9)10)44-37(52)43-30(39(5,6)7)24-45-22-23-47(57(45,54)55)38(53)56-25-27-17-14-13-15-18-27/h12-15,17-18,26,28-31,33H,2,11,16,19-25H2,1,3-10H3,(H,41,50)(H,42,49)(H2,43,44,52)/t28-,29?,30-,31+,33-/m1/s1. The van der Waals surface area contributed by atoms with Crippen molar-refractivity contribution in [3.63, 3.8) is 0 Å². The Morgan fingerprint density at radius 3 is 2.14 bits per heavy atom. The number of carbonyl (C=O) groups excluding carboxylic acids is 6. The molecule has 1 unspecified atom stereocenters. The van der Waals surface area contributed by atoms with E-state index in [0.717, 1.165) is 4.31 Å². The zero-order valence-corrected chi connectivity index (χ0v) is 35.7. The lowest BCUT2D eigenvalue weighted by Gasteiger charge is -2.38. The molecule has 0 aromatic heterocycles. The number of urea groups is 1. The third-order valence-corrected chi connectivity index (χ3v) is 12.3. The number of amides is 6. The Labute approximate surface area is 338 Å². The van der Waals surface area contributed by atoms with E-state index in [0.29, 0.717) is 22.7 Å². The van der Waals surface area contributed by atoms with Crippen LogP contribution in [0.15, 0.2) is 43.0 Å². The summed E-state index contributed by atoms with van der Waals surface area (Å²) in [6.07, 6.45) is 1.67. The van der Waals surface area contributed by atoms with E-state index in [1.165, 1.54) is 11.0 Å². The van der Waals surface area contributed by atoms with Crippen molar-refractivity contribution in [1.82, 2.24) is 34.8 Å². The molecular formula is C40H63N7O9S. The molecule has 2 aliphatic rings. The van der Waals surface area contributed by atoms with Crippen molar-refractivity contribution in [2.75, 3.05) is 32.7 Å². The Balaban J connectivity index is 1.78. The number of ketones is 1. The summed E-state index contributed by atoms with van der Waals surface area (Å²) in [4.78, 5) is 82.2. The minimum Gasteiger partial charge on any atom is -0.444 e. The van der Waals surface area contributed by atoms with E-state index < -0.39 is 80.8 Å². The second kappa shape index (κ2) is 19.8. The van der Waals surface area contributed by atoms with Gasteiger partial charge >= 0.3 is 22.3 Å². The number of rotatable bonds is 16. The highest BCUT2D eigenvalue weighted by Crippen LogP contribution is 2.34. The van der Waals surface area contributed by atoms with Crippen molar-refractivity contribution < 1.29 is 41.9 Å². The summed E-state index contributed by atoms with van der Waals surface area (Å²) in [6.45, 7) is 20.0. The number of Topliss-reactive ketones (excluding diaryl/α,β-unsaturated/α-hetero) is 1. The number of nitrogens with zero attached hydrogens (tertiary/aromatic N) is 3. The Morgan fingerprint density at radius 2 is 1.58 bits per heavy atom. The number of carbonyl (C=O) groups is 6. The van der Waals surface area contributed by atoms with E-state index in [4.69, 9.17) is 4.74 Å². The first-order valence-corrected chi connectivity index (χ1v) is 21.0. The Morgan fingerprint density at radius 1 is 0.930 bits per heavy atom. The fourth-order valence-electron chi connectivity index (χ4n) is 6.94. The van der Waals surface area contributed by atoms with Crippen LogP contribution in [0.2, 0.25) is 0 Å². The molecule has 0 saturated carbocycles. The average Bonchev–Trinajstić information content (AvgIpc) is 3.71. The topological polar surface area (TPSA) is 204 Å². The molecule has 0 bridgehead atoms. The van der Waals surface area contributed by atoms with Crippen molar-refractivity contribution in [3.05, 3.63) is 48.6 Å². The molecule has 1 aromatic rings. The largest absolute Gasteiger partial charge is 0.444 e. The number of benzene rings is 1. The molecule has 2 saturated heterocycles. The normalized spacial score (nSPS) is 20.0. The quantitative estimate of drug-likeness (QED) is 0.143. The van der Waals surface area contributed by atoms with Crippen LogP contribution in [0.1, 0.15) is 87.1 Å². The summed E-state index contributed by atoms with van der Waals surface area (Å²) < 4.78 is 34.1. The highest BCUT2D eigenvalue weighted by atomic mass is 32.2. The van der Waals surface area contributed by atoms with Crippen molar-refractivity contribution >= 4 is 45.8 Å². The molecule has 4 N–H and O–H groups in total. The molecule has 16 nitrogen and oxygen atoms in total. The van der Waals surface area contributed by atoms with Crippen LogP contribution in [0.5, 0.6) is 0 Å². The number of nitrogens with one attached hydrogen (secondary N) is 4. The lowest BCUT2D eigenvalue weighted by atomic mass is 9.84. The van der Waals surface area contributed by atoms with Crippen molar-refractivity contribution in [3.8, 4) is 0 Å². The van der Waals surface area contributed by atoms with Crippen LogP contribution in [-0.2, 0) is 40.7 Å². The van der Waals surface area contributed by atoms with Crippen LogP contribution >= 0.6 is 0 Å². The van der Waals surface area contributed by atoms with E-state index in [1.807, 2.05) is 47.6 Å². The maximum Gasteiger partial charge on any atom is 0.424 e. The van der Waals surface area contributed by atoms with Gasteiger partial charge in [-0.2, -0.15) is 17.0 Å². The van der Waals surface area contributed by atoms with Gasteiger partial charge in [-0.3, -0.25) is 19.2 Å². The van der Waals surface area contributed by atoms with E-state index in [1.54, 1.807) is 45.0 Å². The third-order valence-electron chi connectivity index (χ3n) is 10.4. The summed E-state index contributed by atoms with van der Waals surface area (Å²) in [5, 5.41) is 10.9. The minimum atomic E-state index is -4.27. The van der Waals surface area contributed by atoms with Crippen LogP contribution in [0.25, 0.3) is 0 Å². The van der Waals surface area contributed by atoms with E-state index in [-0.39, 0.29) is 57.6 Å². The summed E-state index contributed by atoms with van der Waals surface area (Å²) in [5.74, 6) is -2.97. The summed E-state index contributed by atoms with van der Waals surface area (Å²) in [6, 6.07) is 4.20. The van der Waals surface area contributed by atoms with Gasteiger partial charge < -0.3 is 30.9 Å². The lowest BCUT2D eigenvalue weighted by molar-refractivity contribution is -0.144. The summed E-state index contributed by atoms with van der Waals surface area (Å²) in [7, 11) is -4.27. The summed E-state index contributed by atoms with van der Waals surface area (Å²) >= 11 is 0. The van der Waals surface area contributed by atoms with E-state index in [2.05, 4.69) is 27.8 Å². The second-order valence-corrected chi connectivity index (χ2v) is 19.1. The lowest BCUT2D eigenvalue weighted by Crippen LogP contribution is -2.62. The Bertz CT molecular complexity index is 1720. The maximum absolute atomic E-state index is 14.5. The van der Waals surface area contributed by atoms with Crippen LogP contribution in [0.4, 0.5) is 9.59 Å².